The Kier molecular flexibility index (Phi) is 6.70. The van der Waals surface area contributed by atoms with Crippen LogP contribution in [0.1, 0.15) is 45.9 Å². The van der Waals surface area contributed by atoms with Crippen molar-refractivity contribution in [2.45, 2.75) is 45.6 Å². The number of piperazine rings is 1. The average molecular weight is 481 g/mol. The molecule has 1 fully saturated rings. The molecule has 8 heteroatoms. The lowest BCUT2D eigenvalue weighted by atomic mass is 10.1. The van der Waals surface area contributed by atoms with Crippen LogP contribution >= 0.6 is 11.3 Å². The molecule has 5 rings (SSSR count). The van der Waals surface area contributed by atoms with Crippen LogP contribution in [0.25, 0.3) is 10.2 Å². The van der Waals surface area contributed by atoms with Crippen molar-refractivity contribution in [2.24, 2.45) is 0 Å². The van der Waals surface area contributed by atoms with E-state index >= 15 is 0 Å². The number of fused-ring (bicyclic) bond motifs is 2. The highest BCUT2D eigenvalue weighted by Crippen LogP contribution is 2.29. The van der Waals surface area contributed by atoms with E-state index in [0.29, 0.717) is 23.4 Å². The van der Waals surface area contributed by atoms with Crippen molar-refractivity contribution in [3.05, 3.63) is 56.4 Å². The third-order valence-corrected chi connectivity index (χ3v) is 8.31. The van der Waals surface area contributed by atoms with Gasteiger partial charge in [0.15, 0.2) is 0 Å². The van der Waals surface area contributed by atoms with Gasteiger partial charge in [0, 0.05) is 45.7 Å². The highest BCUT2D eigenvalue weighted by Gasteiger charge is 2.27. The van der Waals surface area contributed by atoms with Gasteiger partial charge in [0.25, 0.3) is 11.5 Å². The number of ether oxygens (including phenoxy) is 1. The lowest BCUT2D eigenvalue weighted by molar-refractivity contribution is 0.0643. The molecule has 0 N–H and O–H groups in total. The van der Waals surface area contributed by atoms with Crippen molar-refractivity contribution in [1.82, 2.24) is 19.4 Å². The van der Waals surface area contributed by atoms with Gasteiger partial charge in [0.2, 0.25) is 0 Å². The van der Waals surface area contributed by atoms with Crippen LogP contribution in [0, 0.1) is 6.92 Å². The number of benzene rings is 1. The standard InChI is InChI=1S/C26H32N4O3S/c1-18-22-24(27-21-6-4-3-5-12-30(21)25(22)31)34-23(18)26(32)29-16-14-28(15-17-29)13-11-19-7-9-20(33-2)10-8-19/h7-10H,3-6,11-17H2,1-2H3. The molecule has 0 unspecified atom stereocenters. The van der Waals surface area contributed by atoms with Crippen molar-refractivity contribution >= 4 is 27.5 Å². The summed E-state index contributed by atoms with van der Waals surface area (Å²) < 4.78 is 7.07. The van der Waals surface area contributed by atoms with E-state index in [-0.39, 0.29) is 11.5 Å². The summed E-state index contributed by atoms with van der Waals surface area (Å²) in [6.07, 6.45) is 5.03. The van der Waals surface area contributed by atoms with Crippen LogP contribution in [-0.4, -0.2) is 65.1 Å². The third-order valence-electron chi connectivity index (χ3n) is 7.14. The molecule has 7 nitrogen and oxygen atoms in total. The number of aromatic nitrogens is 2. The number of hydrogen-bond donors (Lipinski definition) is 0. The fourth-order valence-electron chi connectivity index (χ4n) is 5.01. The molecular formula is C26H32N4O3S. The van der Waals surface area contributed by atoms with Gasteiger partial charge >= 0.3 is 0 Å². The Labute approximate surface area is 204 Å². The van der Waals surface area contributed by atoms with Crippen molar-refractivity contribution in [3.63, 3.8) is 0 Å². The molecule has 0 spiro atoms. The Morgan fingerprint density at radius 1 is 1.06 bits per heavy atom. The lowest BCUT2D eigenvalue weighted by Gasteiger charge is -2.34. The molecule has 3 aromatic rings. The Bertz CT molecular complexity index is 1240. The van der Waals surface area contributed by atoms with Gasteiger partial charge in [-0.15, -0.1) is 11.3 Å². The number of aryl methyl sites for hydroxylation is 2. The Hall–Kier alpha value is -2.71. The number of amides is 1. The summed E-state index contributed by atoms with van der Waals surface area (Å²) in [5, 5.41) is 0.636. The zero-order valence-corrected chi connectivity index (χ0v) is 20.8. The molecule has 0 aliphatic carbocycles. The number of carbonyl (C=O) groups excluding carboxylic acids is 1. The number of nitrogens with zero attached hydrogens (tertiary/aromatic N) is 4. The lowest BCUT2D eigenvalue weighted by Crippen LogP contribution is -2.49. The number of hydrogen-bond acceptors (Lipinski definition) is 6. The molecule has 0 atom stereocenters. The molecule has 2 aliphatic rings. The minimum atomic E-state index is 0.0260. The maximum absolute atomic E-state index is 13.4. The molecule has 180 valence electrons. The van der Waals surface area contributed by atoms with Gasteiger partial charge in [0.1, 0.15) is 16.4 Å². The molecule has 34 heavy (non-hydrogen) atoms. The van der Waals surface area contributed by atoms with Crippen LogP contribution in [0.4, 0.5) is 0 Å². The van der Waals surface area contributed by atoms with Crippen LogP contribution in [0.2, 0.25) is 0 Å². The van der Waals surface area contributed by atoms with Gasteiger partial charge < -0.3 is 9.64 Å². The summed E-state index contributed by atoms with van der Waals surface area (Å²) in [5.74, 6) is 1.79. The van der Waals surface area contributed by atoms with Gasteiger partial charge in [0.05, 0.1) is 17.4 Å². The highest BCUT2D eigenvalue weighted by molar-refractivity contribution is 7.20. The molecule has 1 saturated heterocycles. The fraction of sp³-hybridized carbons (Fsp3) is 0.500. The predicted octanol–water partition coefficient (Wildman–Crippen LogP) is 3.50. The number of rotatable bonds is 5. The van der Waals surface area contributed by atoms with Crippen molar-refractivity contribution in [2.75, 3.05) is 39.8 Å². The smallest absolute Gasteiger partial charge is 0.264 e. The third kappa shape index (κ3) is 4.49. The second-order valence-electron chi connectivity index (χ2n) is 9.26. The summed E-state index contributed by atoms with van der Waals surface area (Å²) in [6.45, 7) is 6.75. The topological polar surface area (TPSA) is 67.7 Å². The van der Waals surface area contributed by atoms with Gasteiger partial charge in [-0.05, 0) is 49.4 Å². The van der Waals surface area contributed by atoms with E-state index in [1.807, 2.05) is 28.5 Å². The number of carbonyl (C=O) groups is 1. The summed E-state index contributed by atoms with van der Waals surface area (Å²) in [5.41, 5.74) is 2.11. The van der Waals surface area contributed by atoms with E-state index in [4.69, 9.17) is 9.72 Å². The van der Waals surface area contributed by atoms with E-state index in [0.717, 1.165) is 80.3 Å². The SMILES string of the molecule is COc1ccc(CCN2CCN(C(=O)c3sc4nc5n(c(=O)c4c3C)CCCCC5)CC2)cc1. The zero-order chi connectivity index (χ0) is 23.7. The molecule has 0 bridgehead atoms. The molecule has 0 radical (unpaired) electrons. The maximum atomic E-state index is 13.4. The quantitative estimate of drug-likeness (QED) is 0.559. The first-order chi connectivity index (χ1) is 16.5. The van der Waals surface area contributed by atoms with E-state index in [1.54, 1.807) is 7.11 Å². The first-order valence-electron chi connectivity index (χ1n) is 12.2. The molecule has 2 aliphatic heterocycles. The molecule has 4 heterocycles. The largest absolute Gasteiger partial charge is 0.497 e. The van der Waals surface area contributed by atoms with Crippen LogP contribution in [0.15, 0.2) is 29.1 Å². The van der Waals surface area contributed by atoms with E-state index in [9.17, 15) is 9.59 Å². The zero-order valence-electron chi connectivity index (χ0n) is 20.0. The van der Waals surface area contributed by atoms with Gasteiger partial charge in [-0.1, -0.05) is 18.6 Å². The Morgan fingerprint density at radius 2 is 1.82 bits per heavy atom. The Morgan fingerprint density at radius 3 is 2.56 bits per heavy atom. The van der Waals surface area contributed by atoms with Crippen LogP contribution in [-0.2, 0) is 19.4 Å². The van der Waals surface area contributed by atoms with Crippen molar-refractivity contribution in [1.29, 1.82) is 0 Å². The second-order valence-corrected chi connectivity index (χ2v) is 10.3. The van der Waals surface area contributed by atoms with E-state index in [2.05, 4.69) is 17.0 Å². The average Bonchev–Trinajstić information content (AvgIpc) is 3.03. The molecule has 1 aromatic carbocycles. The van der Waals surface area contributed by atoms with Gasteiger partial charge in [-0.2, -0.15) is 0 Å². The van der Waals surface area contributed by atoms with Crippen LogP contribution < -0.4 is 10.3 Å². The van der Waals surface area contributed by atoms with Crippen molar-refractivity contribution < 1.29 is 9.53 Å². The highest BCUT2D eigenvalue weighted by atomic mass is 32.1. The first kappa shape index (κ1) is 23.1. The minimum Gasteiger partial charge on any atom is -0.497 e. The summed E-state index contributed by atoms with van der Waals surface area (Å²) in [7, 11) is 1.68. The maximum Gasteiger partial charge on any atom is 0.264 e. The minimum absolute atomic E-state index is 0.0260. The first-order valence-corrected chi connectivity index (χ1v) is 13.0. The summed E-state index contributed by atoms with van der Waals surface area (Å²) >= 11 is 1.39. The molecular weight excluding hydrogens is 448 g/mol. The van der Waals surface area contributed by atoms with Crippen LogP contribution in [0.5, 0.6) is 5.75 Å². The molecule has 2 aromatic heterocycles. The van der Waals surface area contributed by atoms with E-state index in [1.165, 1.54) is 16.9 Å². The molecule has 1 amide bonds. The van der Waals surface area contributed by atoms with E-state index < -0.39 is 0 Å². The predicted molar refractivity (Wildman–Crippen MR) is 135 cm³/mol. The normalized spacial score (nSPS) is 16.9. The molecule has 0 saturated carbocycles. The second kappa shape index (κ2) is 9.88. The van der Waals surface area contributed by atoms with Crippen LogP contribution in [0.3, 0.4) is 0 Å². The summed E-state index contributed by atoms with van der Waals surface area (Å²) in [4.78, 5) is 37.2. The number of thiophene rings is 1. The van der Waals surface area contributed by atoms with Crippen molar-refractivity contribution in [3.8, 4) is 5.75 Å². The fourth-order valence-corrected chi connectivity index (χ4v) is 6.17. The van der Waals surface area contributed by atoms with Gasteiger partial charge in [-0.25, -0.2) is 4.98 Å². The monoisotopic (exact) mass is 480 g/mol. The van der Waals surface area contributed by atoms with Gasteiger partial charge in [-0.3, -0.25) is 19.1 Å². The number of methoxy groups -OCH3 is 1. The summed E-state index contributed by atoms with van der Waals surface area (Å²) in [6, 6.07) is 8.22. The Balaban J connectivity index is 1.25.